The van der Waals surface area contributed by atoms with Gasteiger partial charge in [0.1, 0.15) is 17.9 Å². The lowest BCUT2D eigenvalue weighted by atomic mass is 10.2. The largest absolute Gasteiger partial charge is 0.494 e. The van der Waals surface area contributed by atoms with Gasteiger partial charge in [0.2, 0.25) is 0 Å². The Labute approximate surface area is 142 Å². The maximum Gasteiger partial charge on any atom is 0.166 e. The predicted molar refractivity (Wildman–Crippen MR) is 95.6 cm³/mol. The summed E-state index contributed by atoms with van der Waals surface area (Å²) in [4.78, 5) is 31.5. The molecule has 0 bridgehead atoms. The fraction of sp³-hybridized carbons (Fsp3) is 0.500. The van der Waals surface area contributed by atoms with Gasteiger partial charge in [0, 0.05) is 50.3 Å². The molecular weight excluding hydrogens is 327 g/mol. The van der Waals surface area contributed by atoms with Crippen molar-refractivity contribution in [3.63, 3.8) is 0 Å². The zero-order valence-corrected chi connectivity index (χ0v) is 14.7. The highest BCUT2D eigenvalue weighted by Crippen LogP contribution is 2.27. The molecule has 0 aliphatic carbocycles. The van der Waals surface area contributed by atoms with Crippen molar-refractivity contribution in [3.05, 3.63) is 24.5 Å². The van der Waals surface area contributed by atoms with E-state index in [1.54, 1.807) is 6.33 Å². The summed E-state index contributed by atoms with van der Waals surface area (Å²) in [7, 11) is -1.80. The summed E-state index contributed by atoms with van der Waals surface area (Å²) in [5.41, 5.74) is 0.889. The molecule has 0 radical (unpaired) electrons. The van der Waals surface area contributed by atoms with Crippen molar-refractivity contribution in [1.29, 1.82) is 0 Å². The van der Waals surface area contributed by atoms with Gasteiger partial charge in [-0.1, -0.05) is 0 Å². The Balaban J connectivity index is 1.71. The van der Waals surface area contributed by atoms with E-state index < -0.39 is 8.38 Å². The molecule has 3 rings (SSSR count). The van der Waals surface area contributed by atoms with Crippen molar-refractivity contribution >= 4 is 25.1 Å². The second-order valence-electron chi connectivity index (χ2n) is 5.73. The number of anilines is 1. The van der Waals surface area contributed by atoms with Crippen LogP contribution in [0.2, 0.25) is 0 Å². The Bertz CT molecular complexity index is 677. The Morgan fingerprint density at radius 2 is 1.96 bits per heavy atom. The average molecular weight is 350 g/mol. The first-order valence-electron chi connectivity index (χ1n) is 8.17. The van der Waals surface area contributed by atoms with Crippen LogP contribution in [0.5, 0.6) is 5.75 Å². The molecule has 7 nitrogen and oxygen atoms in total. The summed E-state index contributed by atoms with van der Waals surface area (Å²) in [6.07, 6.45) is 2.05. The van der Waals surface area contributed by atoms with Crippen LogP contribution in [0, 0.1) is 0 Å². The molecule has 1 fully saturated rings. The molecule has 0 spiro atoms. The second kappa shape index (κ2) is 8.03. The van der Waals surface area contributed by atoms with Crippen LogP contribution in [0.3, 0.4) is 0 Å². The van der Waals surface area contributed by atoms with E-state index in [0.29, 0.717) is 12.8 Å². The average Bonchev–Trinajstić information content (AvgIpc) is 2.60. The summed E-state index contributed by atoms with van der Waals surface area (Å²) in [5.74, 6) is 1.78. The molecule has 0 amide bonds. The number of hydrogen-bond acceptors (Lipinski definition) is 7. The van der Waals surface area contributed by atoms with Crippen molar-refractivity contribution in [1.82, 2.24) is 14.9 Å². The standard InChI is InChI=1S/C16H23N4O3P/c1-2-23-13-3-4-14-15(11-13)17-12-18-16(14)20-7-5-19(6-8-20)9-10-24(21)22/h3-4,11-12,21-22H,2,5-10H2,1H3. The number of piperazine rings is 1. The van der Waals surface area contributed by atoms with Gasteiger partial charge in [-0.05, 0) is 19.1 Å². The number of benzene rings is 1. The van der Waals surface area contributed by atoms with Gasteiger partial charge in [0.25, 0.3) is 0 Å². The van der Waals surface area contributed by atoms with Gasteiger partial charge in [-0.3, -0.25) is 4.90 Å². The second-order valence-corrected chi connectivity index (χ2v) is 6.93. The topological polar surface area (TPSA) is 82.0 Å². The van der Waals surface area contributed by atoms with E-state index in [0.717, 1.165) is 55.2 Å². The van der Waals surface area contributed by atoms with E-state index in [1.165, 1.54) is 0 Å². The Morgan fingerprint density at radius 3 is 2.67 bits per heavy atom. The third-order valence-corrected chi connectivity index (χ3v) is 4.79. The Morgan fingerprint density at radius 1 is 1.17 bits per heavy atom. The fourth-order valence-electron chi connectivity index (χ4n) is 2.95. The van der Waals surface area contributed by atoms with Crippen molar-refractivity contribution in [2.24, 2.45) is 0 Å². The molecule has 8 heteroatoms. The van der Waals surface area contributed by atoms with E-state index in [2.05, 4.69) is 19.8 Å². The van der Waals surface area contributed by atoms with Crippen LogP contribution in [0.1, 0.15) is 6.92 Å². The molecule has 0 unspecified atom stereocenters. The molecule has 2 aromatic rings. The van der Waals surface area contributed by atoms with Crippen LogP contribution >= 0.6 is 8.38 Å². The van der Waals surface area contributed by atoms with Crippen LogP contribution < -0.4 is 9.64 Å². The highest BCUT2D eigenvalue weighted by Gasteiger charge is 2.20. The Hall–Kier alpha value is -1.53. The lowest BCUT2D eigenvalue weighted by molar-refractivity contribution is 0.269. The molecule has 130 valence electrons. The van der Waals surface area contributed by atoms with E-state index >= 15 is 0 Å². The lowest BCUT2D eigenvalue weighted by Crippen LogP contribution is -2.47. The molecular formula is C16H23N4O3P. The van der Waals surface area contributed by atoms with E-state index in [1.807, 2.05) is 25.1 Å². The zero-order chi connectivity index (χ0) is 16.9. The number of ether oxygens (including phenoxy) is 1. The molecule has 0 atom stereocenters. The number of aromatic nitrogens is 2. The monoisotopic (exact) mass is 350 g/mol. The van der Waals surface area contributed by atoms with Gasteiger partial charge in [-0.25, -0.2) is 9.97 Å². The van der Waals surface area contributed by atoms with Crippen molar-refractivity contribution in [2.75, 3.05) is 50.4 Å². The molecule has 1 aliphatic heterocycles. The molecule has 1 aromatic carbocycles. The van der Waals surface area contributed by atoms with Gasteiger partial charge in [-0.2, -0.15) is 0 Å². The minimum Gasteiger partial charge on any atom is -0.494 e. The van der Waals surface area contributed by atoms with Crippen LogP contribution in [0.4, 0.5) is 5.82 Å². The summed E-state index contributed by atoms with van der Waals surface area (Å²) in [6.45, 7) is 6.86. The van der Waals surface area contributed by atoms with E-state index in [4.69, 9.17) is 14.5 Å². The van der Waals surface area contributed by atoms with Gasteiger partial charge in [0.05, 0.1) is 12.1 Å². The molecule has 24 heavy (non-hydrogen) atoms. The summed E-state index contributed by atoms with van der Waals surface area (Å²) in [5, 5.41) is 1.03. The number of hydrogen-bond donors (Lipinski definition) is 2. The number of fused-ring (bicyclic) bond motifs is 1. The first-order chi connectivity index (χ1) is 11.7. The maximum absolute atomic E-state index is 9.05. The minimum absolute atomic E-state index is 0.450. The lowest BCUT2D eigenvalue weighted by Gasteiger charge is -2.35. The van der Waals surface area contributed by atoms with E-state index in [9.17, 15) is 0 Å². The quantitative estimate of drug-likeness (QED) is 0.763. The smallest absolute Gasteiger partial charge is 0.166 e. The van der Waals surface area contributed by atoms with Gasteiger partial charge >= 0.3 is 0 Å². The van der Waals surface area contributed by atoms with Crippen molar-refractivity contribution < 1.29 is 14.5 Å². The SMILES string of the molecule is CCOc1ccc2c(N3CCN(CCP(O)O)CC3)ncnc2c1. The molecule has 2 N–H and O–H groups in total. The number of nitrogens with zero attached hydrogens (tertiary/aromatic N) is 4. The third-order valence-electron chi connectivity index (χ3n) is 4.19. The molecule has 1 saturated heterocycles. The number of rotatable bonds is 6. The Kier molecular flexibility index (Phi) is 5.79. The third kappa shape index (κ3) is 4.11. The molecule has 1 aromatic heterocycles. The molecule has 0 saturated carbocycles. The zero-order valence-electron chi connectivity index (χ0n) is 13.8. The van der Waals surface area contributed by atoms with Crippen LogP contribution in [-0.2, 0) is 0 Å². The van der Waals surface area contributed by atoms with Crippen LogP contribution in [0.25, 0.3) is 10.9 Å². The van der Waals surface area contributed by atoms with E-state index in [-0.39, 0.29) is 0 Å². The van der Waals surface area contributed by atoms with Gasteiger partial charge < -0.3 is 19.4 Å². The van der Waals surface area contributed by atoms with Gasteiger partial charge in [0.15, 0.2) is 8.38 Å². The maximum atomic E-state index is 9.05. The highest BCUT2D eigenvalue weighted by molar-refractivity contribution is 7.45. The first-order valence-corrected chi connectivity index (χ1v) is 9.60. The summed E-state index contributed by atoms with van der Waals surface area (Å²) < 4.78 is 5.54. The fourth-order valence-corrected chi connectivity index (χ4v) is 3.41. The normalized spacial score (nSPS) is 16.1. The van der Waals surface area contributed by atoms with Gasteiger partial charge in [-0.15, -0.1) is 0 Å². The summed E-state index contributed by atoms with van der Waals surface area (Å²) >= 11 is 0. The van der Waals surface area contributed by atoms with Crippen molar-refractivity contribution in [3.8, 4) is 5.75 Å². The minimum atomic E-state index is -1.80. The van der Waals surface area contributed by atoms with Crippen molar-refractivity contribution in [2.45, 2.75) is 6.92 Å². The predicted octanol–water partition coefficient (Wildman–Crippen LogP) is 1.45. The molecule has 2 heterocycles. The summed E-state index contributed by atoms with van der Waals surface area (Å²) in [6, 6.07) is 5.93. The highest BCUT2D eigenvalue weighted by atomic mass is 31.2. The molecule has 1 aliphatic rings. The van der Waals surface area contributed by atoms with Crippen LogP contribution in [0.15, 0.2) is 24.5 Å². The van der Waals surface area contributed by atoms with Crippen LogP contribution in [-0.4, -0.2) is 70.1 Å². The first kappa shape index (κ1) is 17.3.